The number of hydrogen-bond acceptors (Lipinski definition) is 4. The zero-order valence-electron chi connectivity index (χ0n) is 9.76. The monoisotopic (exact) mass is 286 g/mol. The van der Waals surface area contributed by atoms with Gasteiger partial charge < -0.3 is 10.4 Å². The van der Waals surface area contributed by atoms with Crippen LogP contribution in [0.3, 0.4) is 0 Å². The SMILES string of the molecule is O=C(O)CCCC(=O)Nc1ccc(Cl)cc1[N+](=O)[O-]. The summed E-state index contributed by atoms with van der Waals surface area (Å²) in [6, 6.07) is 3.88. The Bertz CT molecular complexity index is 518. The molecule has 19 heavy (non-hydrogen) atoms. The molecule has 0 fully saturated rings. The standard InChI is InChI=1S/C11H11ClN2O5/c12-7-4-5-8(9(6-7)14(18)19)13-10(15)2-1-3-11(16)17/h4-6H,1-3H2,(H,13,15)(H,16,17). The molecule has 0 unspecified atom stereocenters. The molecule has 1 aromatic carbocycles. The van der Waals surface area contributed by atoms with Crippen molar-refractivity contribution in [3.8, 4) is 0 Å². The molecule has 0 bridgehead atoms. The maximum absolute atomic E-state index is 11.5. The van der Waals surface area contributed by atoms with E-state index in [9.17, 15) is 19.7 Å². The number of benzene rings is 1. The van der Waals surface area contributed by atoms with Gasteiger partial charge in [0.2, 0.25) is 5.91 Å². The van der Waals surface area contributed by atoms with Gasteiger partial charge in [-0.2, -0.15) is 0 Å². The molecule has 7 nitrogen and oxygen atoms in total. The fourth-order valence-electron chi connectivity index (χ4n) is 1.37. The summed E-state index contributed by atoms with van der Waals surface area (Å²) in [5.41, 5.74) is -0.270. The largest absolute Gasteiger partial charge is 0.481 e. The van der Waals surface area contributed by atoms with Gasteiger partial charge in [-0.25, -0.2) is 0 Å². The molecular weight excluding hydrogens is 276 g/mol. The van der Waals surface area contributed by atoms with E-state index in [0.29, 0.717) is 0 Å². The fraction of sp³-hybridized carbons (Fsp3) is 0.273. The maximum atomic E-state index is 11.5. The van der Waals surface area contributed by atoms with Gasteiger partial charge in [0.05, 0.1) is 4.92 Å². The number of rotatable bonds is 6. The van der Waals surface area contributed by atoms with Gasteiger partial charge in [-0.3, -0.25) is 19.7 Å². The Morgan fingerprint density at radius 2 is 2.05 bits per heavy atom. The number of anilines is 1. The van der Waals surface area contributed by atoms with Crippen molar-refractivity contribution < 1.29 is 19.6 Å². The zero-order valence-corrected chi connectivity index (χ0v) is 10.5. The number of carbonyl (C=O) groups is 2. The Hall–Kier alpha value is -2.15. The number of amides is 1. The highest BCUT2D eigenvalue weighted by Gasteiger charge is 2.16. The first kappa shape index (κ1) is 14.9. The van der Waals surface area contributed by atoms with E-state index >= 15 is 0 Å². The van der Waals surface area contributed by atoms with Crippen molar-refractivity contribution in [1.29, 1.82) is 0 Å². The number of halogens is 1. The van der Waals surface area contributed by atoms with Crippen LogP contribution in [-0.4, -0.2) is 21.9 Å². The molecule has 0 radical (unpaired) electrons. The van der Waals surface area contributed by atoms with Crippen molar-refractivity contribution in [1.82, 2.24) is 0 Å². The second kappa shape index (κ2) is 6.69. The van der Waals surface area contributed by atoms with Crippen LogP contribution in [0.25, 0.3) is 0 Å². The zero-order chi connectivity index (χ0) is 14.4. The van der Waals surface area contributed by atoms with Gasteiger partial charge in [-0.15, -0.1) is 0 Å². The van der Waals surface area contributed by atoms with Crippen molar-refractivity contribution in [3.05, 3.63) is 33.3 Å². The van der Waals surface area contributed by atoms with Gasteiger partial charge in [-0.1, -0.05) is 11.6 Å². The Labute approximate surface area is 113 Å². The fourth-order valence-corrected chi connectivity index (χ4v) is 1.54. The lowest BCUT2D eigenvalue weighted by atomic mass is 10.2. The van der Waals surface area contributed by atoms with E-state index in [0.717, 1.165) is 6.07 Å². The lowest BCUT2D eigenvalue weighted by Gasteiger charge is -2.05. The Morgan fingerprint density at radius 3 is 2.63 bits per heavy atom. The van der Waals surface area contributed by atoms with Crippen LogP contribution in [-0.2, 0) is 9.59 Å². The number of carboxylic acids is 1. The molecule has 0 atom stereocenters. The smallest absolute Gasteiger partial charge is 0.303 e. The van der Waals surface area contributed by atoms with E-state index in [-0.39, 0.29) is 35.7 Å². The van der Waals surface area contributed by atoms with Crippen molar-refractivity contribution in [3.63, 3.8) is 0 Å². The molecule has 1 aromatic rings. The minimum Gasteiger partial charge on any atom is -0.481 e. The van der Waals surface area contributed by atoms with Crippen LogP contribution >= 0.6 is 11.6 Å². The lowest BCUT2D eigenvalue weighted by molar-refractivity contribution is -0.383. The molecule has 0 aliphatic rings. The predicted octanol–water partition coefficient (Wildman–Crippen LogP) is 2.44. The molecule has 102 valence electrons. The third kappa shape index (κ3) is 4.92. The topological polar surface area (TPSA) is 110 Å². The normalized spacial score (nSPS) is 9.95. The van der Waals surface area contributed by atoms with Gasteiger partial charge in [0.1, 0.15) is 5.69 Å². The molecule has 2 N–H and O–H groups in total. The van der Waals surface area contributed by atoms with Crippen LogP contribution in [0.2, 0.25) is 5.02 Å². The first-order chi connectivity index (χ1) is 8.90. The van der Waals surface area contributed by atoms with Gasteiger partial charge in [0, 0.05) is 23.9 Å². The number of nitro groups is 1. The molecule has 1 rings (SSSR count). The lowest BCUT2D eigenvalue weighted by Crippen LogP contribution is -2.13. The molecule has 0 aromatic heterocycles. The Balaban J connectivity index is 2.68. The number of aliphatic carboxylic acids is 1. The first-order valence-corrected chi connectivity index (χ1v) is 5.73. The van der Waals surface area contributed by atoms with Gasteiger partial charge in [0.25, 0.3) is 5.69 Å². The number of carboxylic acid groups (broad SMARTS) is 1. The van der Waals surface area contributed by atoms with Crippen molar-refractivity contribution in [2.45, 2.75) is 19.3 Å². The van der Waals surface area contributed by atoms with Crippen LogP contribution in [0.4, 0.5) is 11.4 Å². The van der Waals surface area contributed by atoms with E-state index in [1.165, 1.54) is 12.1 Å². The summed E-state index contributed by atoms with van der Waals surface area (Å²) in [5.74, 6) is -1.48. The van der Waals surface area contributed by atoms with E-state index in [1.807, 2.05) is 0 Å². The second-order valence-electron chi connectivity index (χ2n) is 3.71. The molecule has 0 spiro atoms. The van der Waals surface area contributed by atoms with Crippen LogP contribution in [0.15, 0.2) is 18.2 Å². The van der Waals surface area contributed by atoms with E-state index < -0.39 is 16.8 Å². The first-order valence-electron chi connectivity index (χ1n) is 5.35. The summed E-state index contributed by atoms with van der Waals surface area (Å²) in [5, 5.41) is 21.8. The van der Waals surface area contributed by atoms with Crippen LogP contribution in [0.1, 0.15) is 19.3 Å². The predicted molar refractivity (Wildman–Crippen MR) is 68.2 cm³/mol. The van der Waals surface area contributed by atoms with E-state index in [4.69, 9.17) is 16.7 Å². The average molecular weight is 287 g/mol. The van der Waals surface area contributed by atoms with E-state index in [2.05, 4.69) is 5.32 Å². The third-order valence-corrected chi connectivity index (χ3v) is 2.46. The number of nitrogens with zero attached hydrogens (tertiary/aromatic N) is 1. The summed E-state index contributed by atoms with van der Waals surface area (Å²) >= 11 is 5.63. The summed E-state index contributed by atoms with van der Waals surface area (Å²) in [4.78, 5) is 31.9. The summed E-state index contributed by atoms with van der Waals surface area (Å²) in [6.45, 7) is 0. The summed E-state index contributed by atoms with van der Waals surface area (Å²) in [6.07, 6.45) is 0.0186. The number of nitro benzene ring substituents is 1. The van der Waals surface area contributed by atoms with Crippen molar-refractivity contribution in [2.24, 2.45) is 0 Å². The van der Waals surface area contributed by atoms with Crippen LogP contribution in [0.5, 0.6) is 0 Å². The molecule has 8 heteroatoms. The minimum atomic E-state index is -0.995. The van der Waals surface area contributed by atoms with Gasteiger partial charge >= 0.3 is 5.97 Å². The van der Waals surface area contributed by atoms with E-state index in [1.54, 1.807) is 0 Å². The Morgan fingerprint density at radius 1 is 1.37 bits per heavy atom. The van der Waals surface area contributed by atoms with Crippen LogP contribution in [0, 0.1) is 10.1 Å². The van der Waals surface area contributed by atoms with Gasteiger partial charge in [-0.05, 0) is 18.6 Å². The molecular formula is C11H11ClN2O5. The number of nitrogens with one attached hydrogen (secondary N) is 1. The molecule has 0 aliphatic heterocycles. The van der Waals surface area contributed by atoms with Crippen molar-refractivity contribution >= 4 is 34.9 Å². The number of carbonyl (C=O) groups excluding carboxylic acids is 1. The highest BCUT2D eigenvalue weighted by molar-refractivity contribution is 6.31. The molecule has 1 amide bonds. The van der Waals surface area contributed by atoms with Gasteiger partial charge in [0.15, 0.2) is 0 Å². The minimum absolute atomic E-state index is 0.0217. The number of hydrogen-bond donors (Lipinski definition) is 2. The highest BCUT2D eigenvalue weighted by atomic mass is 35.5. The third-order valence-electron chi connectivity index (χ3n) is 2.23. The molecule has 0 saturated heterocycles. The average Bonchev–Trinajstić information content (AvgIpc) is 2.30. The second-order valence-corrected chi connectivity index (χ2v) is 4.15. The molecule has 0 heterocycles. The highest BCUT2D eigenvalue weighted by Crippen LogP contribution is 2.27. The summed E-state index contributed by atoms with van der Waals surface area (Å²) in [7, 11) is 0. The molecule has 0 saturated carbocycles. The van der Waals surface area contributed by atoms with Crippen LogP contribution < -0.4 is 5.32 Å². The summed E-state index contributed by atoms with van der Waals surface area (Å²) < 4.78 is 0. The Kier molecular flexibility index (Phi) is 5.25. The molecule has 0 aliphatic carbocycles. The quantitative estimate of drug-likeness (QED) is 0.616. The van der Waals surface area contributed by atoms with Crippen molar-refractivity contribution in [2.75, 3.05) is 5.32 Å². The maximum Gasteiger partial charge on any atom is 0.303 e.